The van der Waals surface area contributed by atoms with Crippen LogP contribution in [0.1, 0.15) is 22.3 Å². The van der Waals surface area contributed by atoms with E-state index in [2.05, 4.69) is 32.0 Å². The summed E-state index contributed by atoms with van der Waals surface area (Å²) >= 11 is -0.705. The summed E-state index contributed by atoms with van der Waals surface area (Å²) in [6.07, 6.45) is 0. The van der Waals surface area contributed by atoms with Gasteiger partial charge in [0.1, 0.15) is 0 Å². The summed E-state index contributed by atoms with van der Waals surface area (Å²) in [6.45, 7) is 8.23. The summed E-state index contributed by atoms with van der Waals surface area (Å²) in [5, 5.41) is 0. The first-order chi connectivity index (χ1) is 15.4. The van der Waals surface area contributed by atoms with E-state index in [1.165, 1.54) is 15.5 Å². The van der Waals surface area contributed by atoms with E-state index in [0.717, 1.165) is 39.9 Å². The Morgan fingerprint density at radius 3 is 1.41 bits per heavy atom. The molecule has 0 aliphatic carbocycles. The van der Waals surface area contributed by atoms with E-state index in [1.807, 2.05) is 80.6 Å². The van der Waals surface area contributed by atoms with Crippen molar-refractivity contribution in [3.63, 3.8) is 0 Å². The summed E-state index contributed by atoms with van der Waals surface area (Å²) in [5.74, 6) is 3.91. The molecule has 0 saturated carbocycles. The molecule has 2 radical (unpaired) electrons. The number of hydrogen-bond donors (Lipinski definition) is 0. The van der Waals surface area contributed by atoms with E-state index >= 15 is 0 Å². The zero-order chi connectivity index (χ0) is 22.5. The number of ether oxygens (including phenoxy) is 2. The maximum absolute atomic E-state index is 6.21. The molecule has 0 heterocycles. The average Bonchev–Trinajstić information content (AvgIpc) is 2.71. The van der Waals surface area contributed by atoms with Gasteiger partial charge in [-0.3, -0.25) is 0 Å². The van der Waals surface area contributed by atoms with Gasteiger partial charge in [0.05, 0.1) is 0 Å². The summed E-state index contributed by atoms with van der Waals surface area (Å²) in [5.41, 5.74) is 4.52. The van der Waals surface area contributed by atoms with E-state index in [-0.39, 0.29) is 0 Å². The van der Waals surface area contributed by atoms with Gasteiger partial charge in [0.2, 0.25) is 0 Å². The van der Waals surface area contributed by atoms with E-state index in [9.17, 15) is 0 Å². The molecule has 0 N–H and O–H groups in total. The van der Waals surface area contributed by atoms with Crippen molar-refractivity contribution in [1.29, 1.82) is 0 Å². The second kappa shape index (κ2) is 9.96. The Hall–Kier alpha value is -3.18. The van der Waals surface area contributed by atoms with Gasteiger partial charge in [-0.25, -0.2) is 0 Å². The number of benzene rings is 4. The molecule has 4 heteroatoms. The number of rotatable bonds is 7. The molecular weight excluding hydrogens is 457 g/mol. The van der Waals surface area contributed by atoms with Crippen LogP contribution in [0.4, 0.5) is 0 Å². The SMILES string of the molecule is Cc1cc(C)cc(Oc2cc(C)cc(Oc3cc(C)cc([O][Ge][c]4ccccc4)c3)c2)c1. The molecule has 0 aromatic heterocycles. The van der Waals surface area contributed by atoms with Gasteiger partial charge in [0.15, 0.2) is 0 Å². The van der Waals surface area contributed by atoms with Gasteiger partial charge in [-0.05, 0) is 13.8 Å². The van der Waals surface area contributed by atoms with Gasteiger partial charge in [0.25, 0.3) is 0 Å². The summed E-state index contributed by atoms with van der Waals surface area (Å²) in [6, 6.07) is 28.5. The monoisotopic (exact) mass is 484 g/mol. The van der Waals surface area contributed by atoms with Crippen molar-refractivity contribution >= 4 is 20.2 Å². The van der Waals surface area contributed by atoms with Crippen LogP contribution in [0.15, 0.2) is 84.9 Å². The Balaban J connectivity index is 1.51. The third-order valence-electron chi connectivity index (χ3n) is 4.78. The molecule has 4 aromatic carbocycles. The Labute approximate surface area is 196 Å². The van der Waals surface area contributed by atoms with Crippen LogP contribution in [0.25, 0.3) is 0 Å². The van der Waals surface area contributed by atoms with Crippen LogP contribution in [0.2, 0.25) is 0 Å². The molecular formula is C28H26GeO3. The Bertz CT molecular complexity index is 1200. The van der Waals surface area contributed by atoms with Crippen molar-refractivity contribution in [1.82, 2.24) is 0 Å². The van der Waals surface area contributed by atoms with Gasteiger partial charge in [0, 0.05) is 0 Å². The fourth-order valence-corrected chi connectivity index (χ4v) is 4.98. The second-order valence-corrected chi connectivity index (χ2v) is 10.1. The molecule has 0 aliphatic heterocycles. The van der Waals surface area contributed by atoms with Gasteiger partial charge in [-0.15, -0.1) is 0 Å². The molecule has 32 heavy (non-hydrogen) atoms. The fraction of sp³-hybridized carbons (Fsp3) is 0.143. The third-order valence-corrected chi connectivity index (χ3v) is 6.68. The van der Waals surface area contributed by atoms with Crippen LogP contribution < -0.4 is 17.6 Å². The molecule has 0 spiro atoms. The first kappa shape index (κ1) is 22.0. The third kappa shape index (κ3) is 6.17. The molecule has 160 valence electrons. The van der Waals surface area contributed by atoms with Crippen molar-refractivity contribution < 1.29 is 13.2 Å². The van der Waals surface area contributed by atoms with E-state index in [1.54, 1.807) is 0 Å². The zero-order valence-electron chi connectivity index (χ0n) is 18.8. The molecule has 4 rings (SSSR count). The Morgan fingerprint density at radius 1 is 0.469 bits per heavy atom. The minimum absolute atomic E-state index is 0.705. The van der Waals surface area contributed by atoms with Crippen LogP contribution in [0, 0.1) is 27.7 Å². The average molecular weight is 483 g/mol. The molecule has 3 nitrogen and oxygen atoms in total. The van der Waals surface area contributed by atoms with Crippen molar-refractivity contribution in [2.24, 2.45) is 0 Å². The van der Waals surface area contributed by atoms with Crippen molar-refractivity contribution in [3.8, 4) is 28.7 Å². The van der Waals surface area contributed by atoms with E-state index in [0.29, 0.717) is 0 Å². The number of aryl methyl sites for hydroxylation is 4. The van der Waals surface area contributed by atoms with Gasteiger partial charge in [-0.1, -0.05) is 6.07 Å². The van der Waals surface area contributed by atoms with Gasteiger partial charge >= 0.3 is 177 Å². The van der Waals surface area contributed by atoms with Crippen LogP contribution in [-0.4, -0.2) is 15.8 Å². The van der Waals surface area contributed by atoms with Crippen molar-refractivity contribution in [2.45, 2.75) is 27.7 Å². The molecule has 0 saturated heterocycles. The zero-order valence-corrected chi connectivity index (χ0v) is 20.9. The standard InChI is InChI=1S/C28H26GeO3/c1-19-10-20(2)12-24(11-19)30-25-13-21(3)14-26(17-25)31-27-15-22(4)16-28(18-27)32-29-23-8-6-5-7-9-23/h5-18H,1-4H3. The summed E-state index contributed by atoms with van der Waals surface area (Å²) in [7, 11) is 0. The summed E-state index contributed by atoms with van der Waals surface area (Å²) in [4.78, 5) is 0. The Morgan fingerprint density at radius 2 is 0.875 bits per heavy atom. The fourth-order valence-electron chi connectivity index (χ4n) is 3.55. The number of hydrogen-bond acceptors (Lipinski definition) is 3. The van der Waals surface area contributed by atoms with E-state index in [4.69, 9.17) is 13.2 Å². The van der Waals surface area contributed by atoms with E-state index < -0.39 is 15.8 Å². The first-order valence-electron chi connectivity index (χ1n) is 10.6. The van der Waals surface area contributed by atoms with Gasteiger partial charge < -0.3 is 0 Å². The molecule has 0 unspecified atom stereocenters. The maximum atomic E-state index is 6.21. The normalized spacial score (nSPS) is 10.6. The molecule has 4 aromatic rings. The predicted octanol–water partition coefficient (Wildman–Crippen LogP) is 6.83. The summed E-state index contributed by atoms with van der Waals surface area (Å²) < 4.78 is 19.7. The molecule has 0 amide bonds. The van der Waals surface area contributed by atoms with Crippen LogP contribution in [0.5, 0.6) is 28.7 Å². The van der Waals surface area contributed by atoms with Crippen LogP contribution in [0.3, 0.4) is 0 Å². The molecule has 0 bridgehead atoms. The predicted molar refractivity (Wildman–Crippen MR) is 131 cm³/mol. The molecule has 0 atom stereocenters. The van der Waals surface area contributed by atoms with Crippen LogP contribution in [-0.2, 0) is 0 Å². The van der Waals surface area contributed by atoms with Crippen LogP contribution >= 0.6 is 0 Å². The Kier molecular flexibility index (Phi) is 6.86. The van der Waals surface area contributed by atoms with Gasteiger partial charge in [-0.2, -0.15) is 0 Å². The minimum atomic E-state index is -0.705. The topological polar surface area (TPSA) is 27.7 Å². The van der Waals surface area contributed by atoms with Crippen molar-refractivity contribution in [3.05, 3.63) is 107 Å². The quantitative estimate of drug-likeness (QED) is 0.270. The first-order valence-corrected chi connectivity index (χ1v) is 12.5. The molecule has 0 aliphatic rings. The second-order valence-electron chi connectivity index (χ2n) is 8.06. The van der Waals surface area contributed by atoms with Crippen molar-refractivity contribution in [2.75, 3.05) is 0 Å². The molecule has 0 fully saturated rings.